The molecule has 1 aromatic heterocycles. The van der Waals surface area contributed by atoms with Crippen molar-refractivity contribution in [2.45, 2.75) is 32.1 Å². The summed E-state index contributed by atoms with van der Waals surface area (Å²) in [5, 5.41) is 16.8. The monoisotopic (exact) mass is 256 g/mol. The minimum absolute atomic E-state index is 0.289. The Bertz CT molecular complexity index is 602. The van der Waals surface area contributed by atoms with Gasteiger partial charge >= 0.3 is 0 Å². The van der Waals surface area contributed by atoms with Gasteiger partial charge in [-0.2, -0.15) is 0 Å². The molecule has 0 aliphatic heterocycles. The largest absolute Gasteiger partial charge is 0.411 e. The molecule has 2 aromatic rings. The maximum Gasteiger partial charge on any atom is 0.146 e. The molecule has 4 nitrogen and oxygen atoms in total. The molecule has 4 heteroatoms. The topological polar surface area (TPSA) is 58.6 Å². The van der Waals surface area contributed by atoms with Crippen molar-refractivity contribution in [3.63, 3.8) is 0 Å². The first-order valence-electron chi connectivity index (χ1n) is 6.57. The summed E-state index contributed by atoms with van der Waals surface area (Å²) in [7, 11) is 0. The van der Waals surface area contributed by atoms with Crippen LogP contribution in [0.5, 0.6) is 0 Å². The molecule has 0 fully saturated rings. The second kappa shape index (κ2) is 4.88. The van der Waals surface area contributed by atoms with Gasteiger partial charge in [0.05, 0.1) is 17.0 Å². The van der Waals surface area contributed by atoms with Crippen LogP contribution in [0.25, 0.3) is 0 Å². The number of oxime groups is 1. The van der Waals surface area contributed by atoms with Crippen molar-refractivity contribution in [3.05, 3.63) is 52.9 Å². The molecule has 1 aliphatic rings. The number of hydrogen-bond donors (Lipinski definition) is 1. The van der Waals surface area contributed by atoms with E-state index in [1.807, 2.05) is 25.1 Å². The number of nitrogens with zero attached hydrogens (tertiary/aromatic N) is 2. The van der Waals surface area contributed by atoms with Crippen LogP contribution in [0.3, 0.4) is 0 Å². The molecular weight excluding hydrogens is 240 g/mol. The molecule has 0 amide bonds. The first-order valence-corrected chi connectivity index (χ1v) is 6.57. The van der Waals surface area contributed by atoms with Gasteiger partial charge in [0.1, 0.15) is 5.76 Å². The molecule has 0 saturated carbocycles. The lowest BCUT2D eigenvalue weighted by Crippen LogP contribution is -2.19. The third-order valence-corrected chi connectivity index (χ3v) is 3.72. The standard InChI is InChI=1S/C15H16N2O2/c1-2-12-15-13(16-18)8-11(9-14(15)19-17-12)10-6-4-3-5-7-10/h3-7,11,18H,2,8-9H2,1H3/t11-/m1/s1. The van der Waals surface area contributed by atoms with Crippen molar-refractivity contribution in [2.75, 3.05) is 0 Å². The molecule has 0 unspecified atom stereocenters. The van der Waals surface area contributed by atoms with Crippen molar-refractivity contribution in [3.8, 4) is 0 Å². The Balaban J connectivity index is 2.00. The summed E-state index contributed by atoms with van der Waals surface area (Å²) in [6.07, 6.45) is 2.32. The van der Waals surface area contributed by atoms with E-state index in [4.69, 9.17) is 4.52 Å². The van der Waals surface area contributed by atoms with Crippen molar-refractivity contribution in [1.29, 1.82) is 0 Å². The van der Waals surface area contributed by atoms with Crippen LogP contribution in [0.4, 0.5) is 0 Å². The van der Waals surface area contributed by atoms with Crippen LogP contribution in [0.2, 0.25) is 0 Å². The second-order valence-corrected chi connectivity index (χ2v) is 4.84. The molecule has 1 N–H and O–H groups in total. The Labute approximate surface area is 111 Å². The van der Waals surface area contributed by atoms with Crippen molar-refractivity contribution >= 4 is 5.71 Å². The minimum atomic E-state index is 0.289. The van der Waals surface area contributed by atoms with Gasteiger partial charge in [-0.1, -0.05) is 47.6 Å². The van der Waals surface area contributed by atoms with Gasteiger partial charge in [0, 0.05) is 12.8 Å². The molecule has 0 radical (unpaired) electrons. The molecule has 1 heterocycles. The highest BCUT2D eigenvalue weighted by atomic mass is 16.5. The second-order valence-electron chi connectivity index (χ2n) is 4.84. The van der Waals surface area contributed by atoms with Gasteiger partial charge in [0.25, 0.3) is 0 Å². The summed E-state index contributed by atoms with van der Waals surface area (Å²) in [5.74, 6) is 1.13. The van der Waals surface area contributed by atoms with Crippen LogP contribution in [0.15, 0.2) is 40.0 Å². The predicted octanol–water partition coefficient (Wildman–Crippen LogP) is 3.15. The smallest absolute Gasteiger partial charge is 0.146 e. The quantitative estimate of drug-likeness (QED) is 0.663. The van der Waals surface area contributed by atoms with Gasteiger partial charge in [-0.05, 0) is 17.9 Å². The van der Waals surface area contributed by atoms with Gasteiger partial charge in [-0.15, -0.1) is 0 Å². The van der Waals surface area contributed by atoms with Crippen molar-refractivity contribution in [1.82, 2.24) is 5.16 Å². The average Bonchev–Trinajstić information content (AvgIpc) is 2.90. The minimum Gasteiger partial charge on any atom is -0.411 e. The highest BCUT2D eigenvalue weighted by Crippen LogP contribution is 2.34. The Hall–Kier alpha value is -2.10. The zero-order valence-corrected chi connectivity index (χ0v) is 10.8. The molecular formula is C15H16N2O2. The van der Waals surface area contributed by atoms with Crippen LogP contribution in [0.1, 0.15) is 41.8 Å². The van der Waals surface area contributed by atoms with Crippen molar-refractivity contribution < 1.29 is 9.73 Å². The van der Waals surface area contributed by atoms with E-state index in [0.717, 1.165) is 36.3 Å². The van der Waals surface area contributed by atoms with E-state index in [-0.39, 0.29) is 5.92 Å². The summed E-state index contributed by atoms with van der Waals surface area (Å²) in [6.45, 7) is 2.02. The Morgan fingerprint density at radius 1 is 1.32 bits per heavy atom. The first-order chi connectivity index (χ1) is 9.33. The fraction of sp³-hybridized carbons (Fsp3) is 0.333. The summed E-state index contributed by atoms with van der Waals surface area (Å²) in [5.41, 5.74) is 3.73. The maximum absolute atomic E-state index is 9.26. The normalized spacial score (nSPS) is 20.5. The lowest BCUT2D eigenvalue weighted by molar-refractivity contribution is 0.315. The molecule has 19 heavy (non-hydrogen) atoms. The van der Waals surface area contributed by atoms with Crippen LogP contribution in [-0.4, -0.2) is 16.1 Å². The fourth-order valence-corrected chi connectivity index (χ4v) is 2.75. The Morgan fingerprint density at radius 2 is 2.11 bits per heavy atom. The lowest BCUT2D eigenvalue weighted by atomic mass is 9.81. The Morgan fingerprint density at radius 3 is 2.79 bits per heavy atom. The molecule has 1 aliphatic carbocycles. The number of benzene rings is 1. The van der Waals surface area contributed by atoms with Gasteiger partial charge in [0.2, 0.25) is 0 Å². The van der Waals surface area contributed by atoms with E-state index in [0.29, 0.717) is 5.71 Å². The summed E-state index contributed by atoms with van der Waals surface area (Å²) < 4.78 is 5.42. The number of rotatable bonds is 2. The molecule has 3 rings (SSSR count). The zero-order chi connectivity index (χ0) is 13.2. The highest BCUT2D eigenvalue weighted by molar-refractivity contribution is 6.03. The molecule has 98 valence electrons. The zero-order valence-electron chi connectivity index (χ0n) is 10.8. The van der Waals surface area contributed by atoms with Crippen molar-refractivity contribution in [2.24, 2.45) is 5.16 Å². The van der Waals surface area contributed by atoms with E-state index in [2.05, 4.69) is 22.4 Å². The third-order valence-electron chi connectivity index (χ3n) is 3.72. The van der Waals surface area contributed by atoms with Gasteiger partial charge < -0.3 is 9.73 Å². The summed E-state index contributed by atoms with van der Waals surface area (Å²) >= 11 is 0. The van der Waals surface area contributed by atoms with Gasteiger partial charge in [-0.3, -0.25) is 0 Å². The highest BCUT2D eigenvalue weighted by Gasteiger charge is 2.31. The van der Waals surface area contributed by atoms with Crippen LogP contribution >= 0.6 is 0 Å². The molecule has 1 aromatic carbocycles. The maximum atomic E-state index is 9.26. The summed E-state index contributed by atoms with van der Waals surface area (Å²) in [6, 6.07) is 10.3. The number of hydrogen-bond acceptors (Lipinski definition) is 4. The SMILES string of the molecule is CCc1noc2c1C(=NO)C[C@@H](c1ccccc1)C2. The average molecular weight is 256 g/mol. The lowest BCUT2D eigenvalue weighted by Gasteiger charge is -2.22. The molecule has 0 spiro atoms. The van der Waals surface area contributed by atoms with Crippen LogP contribution < -0.4 is 0 Å². The number of aryl methyl sites for hydroxylation is 1. The van der Waals surface area contributed by atoms with Gasteiger partial charge in [-0.25, -0.2) is 0 Å². The van der Waals surface area contributed by atoms with E-state index in [1.165, 1.54) is 5.56 Å². The van der Waals surface area contributed by atoms with E-state index >= 15 is 0 Å². The van der Waals surface area contributed by atoms with Gasteiger partial charge in [0.15, 0.2) is 0 Å². The van der Waals surface area contributed by atoms with E-state index in [9.17, 15) is 5.21 Å². The first kappa shape index (κ1) is 12.0. The van der Waals surface area contributed by atoms with Crippen LogP contribution in [0, 0.1) is 0 Å². The molecule has 1 atom stereocenters. The number of aromatic nitrogens is 1. The fourth-order valence-electron chi connectivity index (χ4n) is 2.75. The molecule has 0 bridgehead atoms. The predicted molar refractivity (Wildman–Crippen MR) is 71.7 cm³/mol. The van der Waals surface area contributed by atoms with Crippen LogP contribution in [-0.2, 0) is 12.8 Å². The molecule has 0 saturated heterocycles. The number of fused-ring (bicyclic) bond motifs is 1. The third kappa shape index (κ3) is 2.03. The van der Waals surface area contributed by atoms with E-state index < -0.39 is 0 Å². The Kier molecular flexibility index (Phi) is 3.07. The summed E-state index contributed by atoms with van der Waals surface area (Å²) in [4.78, 5) is 0. The van der Waals surface area contributed by atoms with E-state index in [1.54, 1.807) is 0 Å².